The molecule has 240 valence electrons. The number of allylic oxidation sites excluding steroid dienone is 6. The van der Waals surface area contributed by atoms with E-state index in [0.29, 0.717) is 12.2 Å². The van der Waals surface area contributed by atoms with Crippen LogP contribution in [0.25, 0.3) is 55.1 Å². The molecule has 0 aliphatic heterocycles. The van der Waals surface area contributed by atoms with E-state index in [0.717, 1.165) is 40.1 Å². The van der Waals surface area contributed by atoms with Gasteiger partial charge in [0.15, 0.2) is 0 Å². The Bertz CT molecular complexity index is 2210. The van der Waals surface area contributed by atoms with E-state index < -0.39 is 0 Å². The minimum atomic E-state index is 0.422. The fourth-order valence-corrected chi connectivity index (χ4v) is 6.00. The first-order chi connectivity index (χ1) is 23.4. The number of hydrogen-bond donors (Lipinski definition) is 3. The maximum Gasteiger partial charge on any atom is 0.0619 e. The summed E-state index contributed by atoms with van der Waals surface area (Å²) >= 11 is 0. The molecule has 0 atom stereocenters. The van der Waals surface area contributed by atoms with Gasteiger partial charge in [-0.15, -0.1) is 6.58 Å². The van der Waals surface area contributed by atoms with Gasteiger partial charge in [0.05, 0.1) is 11.0 Å². The number of para-hydroxylation sites is 1. The molecule has 1 heterocycles. The Labute approximate surface area is 284 Å². The second-order valence-corrected chi connectivity index (χ2v) is 11.5. The predicted molar refractivity (Wildman–Crippen MR) is 210 cm³/mol. The smallest absolute Gasteiger partial charge is 0.0619 e. The van der Waals surface area contributed by atoms with Gasteiger partial charge in [0.25, 0.3) is 0 Å². The van der Waals surface area contributed by atoms with Crippen molar-refractivity contribution in [3.8, 4) is 16.8 Å². The molecule has 48 heavy (non-hydrogen) atoms. The lowest BCUT2D eigenvalue weighted by atomic mass is 9.97. The molecule has 0 spiro atoms. The van der Waals surface area contributed by atoms with Gasteiger partial charge in [-0.2, -0.15) is 0 Å². The van der Waals surface area contributed by atoms with Crippen molar-refractivity contribution in [3.63, 3.8) is 0 Å². The third-order valence-electron chi connectivity index (χ3n) is 8.32. The third-order valence-corrected chi connectivity index (χ3v) is 8.32. The van der Waals surface area contributed by atoms with E-state index in [1.54, 1.807) is 12.2 Å². The molecule has 6 rings (SSSR count). The predicted octanol–water partition coefficient (Wildman–Crippen LogP) is 10.1. The van der Waals surface area contributed by atoms with Crippen molar-refractivity contribution < 1.29 is 0 Å². The second kappa shape index (κ2) is 15.6. The summed E-state index contributed by atoms with van der Waals surface area (Å²) in [4.78, 5) is 0. The summed E-state index contributed by atoms with van der Waals surface area (Å²) in [6, 6.07) is 37.1. The van der Waals surface area contributed by atoms with Crippen LogP contribution in [0.15, 0.2) is 170 Å². The Morgan fingerprint density at radius 2 is 1.50 bits per heavy atom. The molecule has 0 saturated carbocycles. The van der Waals surface area contributed by atoms with Crippen LogP contribution in [0.3, 0.4) is 0 Å². The highest BCUT2D eigenvalue weighted by molar-refractivity contribution is 6.19. The fraction of sp³-hybridized carbons (Fsp3) is 0.0909. The third kappa shape index (κ3) is 7.10. The van der Waals surface area contributed by atoms with Gasteiger partial charge in [0, 0.05) is 39.8 Å². The molecule has 0 amide bonds. The SMILES string of the molecule is C=CC.C=CC(=C\CN)/C(N)=C/C=C\Cc1ccc2c3ccc4cc(-c5cccc(/C(N)=C/C)c5)ccc4c3n(-c3ccccc3)c2c1. The molecular formula is C44H44N4. The highest BCUT2D eigenvalue weighted by atomic mass is 15.0. The van der Waals surface area contributed by atoms with E-state index in [-0.39, 0.29) is 0 Å². The van der Waals surface area contributed by atoms with Gasteiger partial charge in [0.1, 0.15) is 0 Å². The lowest BCUT2D eigenvalue weighted by Gasteiger charge is -2.11. The van der Waals surface area contributed by atoms with Gasteiger partial charge < -0.3 is 21.8 Å². The summed E-state index contributed by atoms with van der Waals surface area (Å²) in [6.07, 6.45) is 14.1. The second-order valence-electron chi connectivity index (χ2n) is 11.5. The van der Waals surface area contributed by atoms with Crippen LogP contribution in [0.4, 0.5) is 0 Å². The molecular weight excluding hydrogens is 585 g/mol. The molecule has 0 saturated heterocycles. The van der Waals surface area contributed by atoms with Crippen LogP contribution in [0.5, 0.6) is 0 Å². The van der Waals surface area contributed by atoms with E-state index in [2.05, 4.69) is 127 Å². The van der Waals surface area contributed by atoms with Gasteiger partial charge in [-0.05, 0) is 89.9 Å². The van der Waals surface area contributed by atoms with Crippen molar-refractivity contribution in [2.75, 3.05) is 6.54 Å². The molecule has 0 bridgehead atoms. The van der Waals surface area contributed by atoms with Crippen LogP contribution in [0.1, 0.15) is 25.0 Å². The van der Waals surface area contributed by atoms with E-state index in [9.17, 15) is 0 Å². The van der Waals surface area contributed by atoms with Crippen LogP contribution in [-0.2, 0) is 6.42 Å². The number of aromatic nitrogens is 1. The quantitative estimate of drug-likeness (QED) is 0.110. The van der Waals surface area contributed by atoms with Crippen molar-refractivity contribution in [3.05, 3.63) is 181 Å². The van der Waals surface area contributed by atoms with Gasteiger partial charge in [0.2, 0.25) is 0 Å². The first-order valence-corrected chi connectivity index (χ1v) is 16.2. The van der Waals surface area contributed by atoms with Crippen LogP contribution in [-0.4, -0.2) is 11.1 Å². The molecule has 1 aromatic heterocycles. The van der Waals surface area contributed by atoms with Crippen LogP contribution in [0.2, 0.25) is 0 Å². The normalized spacial score (nSPS) is 12.4. The Kier molecular flexibility index (Phi) is 10.9. The number of rotatable bonds is 9. The maximum absolute atomic E-state index is 6.22. The summed E-state index contributed by atoms with van der Waals surface area (Å²) in [7, 11) is 0. The standard InChI is InChI=1S/C41H38N4.C3H6/c1-3-29(23-24-42)39(44)16-9-8-11-28-17-20-36-37-22-19-32-26-31(30-12-10-13-33(27-30)38(43)4-2)18-21-35(32)41(37)45(40(36)25-28)34-14-6-5-7-15-34;1-3-2/h3-10,12-23,25-27H,1,11,24,42-44H2,2H3;3H,1H2,2H3/b9-8-,29-23+,38-4-,39-16-;. The molecule has 0 fully saturated rings. The molecule has 0 aliphatic rings. The van der Waals surface area contributed by atoms with Gasteiger partial charge in [-0.1, -0.05) is 116 Å². The summed E-state index contributed by atoms with van der Waals surface area (Å²) < 4.78 is 2.40. The number of benzene rings is 5. The van der Waals surface area contributed by atoms with Gasteiger partial charge >= 0.3 is 0 Å². The number of hydrogen-bond acceptors (Lipinski definition) is 3. The lowest BCUT2D eigenvalue weighted by molar-refractivity contribution is 1.18. The van der Waals surface area contributed by atoms with Crippen molar-refractivity contribution in [1.29, 1.82) is 0 Å². The number of fused-ring (bicyclic) bond motifs is 5. The molecule has 0 radical (unpaired) electrons. The zero-order valence-corrected chi connectivity index (χ0v) is 27.9. The van der Waals surface area contributed by atoms with E-state index in [1.165, 1.54) is 38.1 Å². The monoisotopic (exact) mass is 628 g/mol. The van der Waals surface area contributed by atoms with Crippen LogP contribution < -0.4 is 17.2 Å². The largest absolute Gasteiger partial charge is 0.399 e. The molecule has 4 nitrogen and oxygen atoms in total. The molecule has 0 aliphatic carbocycles. The lowest BCUT2D eigenvalue weighted by Crippen LogP contribution is -2.02. The average Bonchev–Trinajstić information content (AvgIpc) is 3.46. The zero-order valence-electron chi connectivity index (χ0n) is 27.9. The fourth-order valence-electron chi connectivity index (χ4n) is 6.00. The Hall–Kier alpha value is -5.84. The van der Waals surface area contributed by atoms with Crippen LogP contribution >= 0.6 is 0 Å². The van der Waals surface area contributed by atoms with E-state index in [4.69, 9.17) is 17.2 Å². The summed E-state index contributed by atoms with van der Waals surface area (Å²) in [5.74, 6) is 0. The topological polar surface area (TPSA) is 83.0 Å². The minimum Gasteiger partial charge on any atom is -0.399 e. The number of nitrogens with zero attached hydrogens (tertiary/aromatic N) is 1. The molecule has 4 heteroatoms. The van der Waals surface area contributed by atoms with Crippen molar-refractivity contribution in [1.82, 2.24) is 4.57 Å². The minimum absolute atomic E-state index is 0.422. The first kappa shape index (κ1) is 33.5. The Morgan fingerprint density at radius 1 is 0.771 bits per heavy atom. The Morgan fingerprint density at radius 3 is 2.23 bits per heavy atom. The van der Waals surface area contributed by atoms with Gasteiger partial charge in [-0.3, -0.25) is 0 Å². The van der Waals surface area contributed by atoms with Crippen LogP contribution in [0, 0.1) is 0 Å². The maximum atomic E-state index is 6.22. The molecule has 6 N–H and O–H groups in total. The highest BCUT2D eigenvalue weighted by Gasteiger charge is 2.16. The van der Waals surface area contributed by atoms with Crippen molar-refractivity contribution >= 4 is 38.3 Å². The zero-order chi connectivity index (χ0) is 34.0. The highest BCUT2D eigenvalue weighted by Crippen LogP contribution is 2.38. The molecule has 0 unspecified atom stereocenters. The van der Waals surface area contributed by atoms with Crippen molar-refractivity contribution in [2.45, 2.75) is 20.3 Å². The average molecular weight is 629 g/mol. The summed E-state index contributed by atoms with van der Waals surface area (Å²) in [6.45, 7) is 11.5. The Balaban J connectivity index is 0.00000145. The molecule has 6 aromatic rings. The summed E-state index contributed by atoms with van der Waals surface area (Å²) in [5, 5.41) is 4.87. The van der Waals surface area contributed by atoms with E-state index in [1.807, 2.05) is 38.2 Å². The molecule has 5 aromatic carbocycles. The van der Waals surface area contributed by atoms with E-state index >= 15 is 0 Å². The number of nitrogens with two attached hydrogens (primary N) is 3. The first-order valence-electron chi connectivity index (χ1n) is 16.2. The van der Waals surface area contributed by atoms with Gasteiger partial charge in [-0.25, -0.2) is 0 Å². The van der Waals surface area contributed by atoms with Crippen molar-refractivity contribution in [2.24, 2.45) is 17.2 Å². The summed E-state index contributed by atoms with van der Waals surface area (Å²) in [5.41, 5.74) is 28.5.